The zero-order valence-corrected chi connectivity index (χ0v) is 13.5. The van der Waals surface area contributed by atoms with Gasteiger partial charge >= 0.3 is 6.03 Å². The Labute approximate surface area is 138 Å². The Bertz CT molecular complexity index is 652. The average molecular weight is 336 g/mol. The minimum absolute atomic E-state index is 0.337. The molecule has 0 saturated heterocycles. The summed E-state index contributed by atoms with van der Waals surface area (Å²) in [5.74, 6) is -1.07. The van der Waals surface area contributed by atoms with Gasteiger partial charge in [-0.05, 0) is 36.8 Å². The fourth-order valence-electron chi connectivity index (χ4n) is 1.96. The maximum Gasteiger partial charge on any atom is 0.315 e. The van der Waals surface area contributed by atoms with Gasteiger partial charge in [0.1, 0.15) is 0 Å². The molecule has 0 spiro atoms. The lowest BCUT2D eigenvalue weighted by Gasteiger charge is -2.15. The van der Waals surface area contributed by atoms with Gasteiger partial charge in [0.15, 0.2) is 11.6 Å². The van der Waals surface area contributed by atoms with Gasteiger partial charge in [-0.3, -0.25) is 0 Å². The molecule has 0 heterocycles. The Hall–Kier alpha value is -2.08. The molecule has 0 aliphatic rings. The van der Waals surface area contributed by atoms with Crippen LogP contribution in [0.5, 0.6) is 0 Å². The topological polar surface area (TPSA) is 41.1 Å². The molecule has 2 aromatic rings. The van der Waals surface area contributed by atoms with Crippen molar-refractivity contribution in [3.05, 3.63) is 65.7 Å². The predicted molar refractivity (Wildman–Crippen MR) is 88.5 cm³/mol. The SMILES string of the molecule is CC(NC(=O)NCCSc1ccccc1)c1ccc(F)c(F)c1. The summed E-state index contributed by atoms with van der Waals surface area (Å²) in [6.07, 6.45) is 0. The van der Waals surface area contributed by atoms with Crippen molar-refractivity contribution in [2.24, 2.45) is 0 Å². The molecule has 2 amide bonds. The predicted octanol–water partition coefficient (Wildman–Crippen LogP) is 4.12. The largest absolute Gasteiger partial charge is 0.337 e. The Kier molecular flexibility index (Phi) is 6.40. The van der Waals surface area contributed by atoms with Crippen LogP contribution in [0.2, 0.25) is 0 Å². The Balaban J connectivity index is 1.72. The molecule has 6 heteroatoms. The lowest BCUT2D eigenvalue weighted by atomic mass is 10.1. The van der Waals surface area contributed by atoms with Gasteiger partial charge in [-0.25, -0.2) is 13.6 Å². The third kappa shape index (κ3) is 5.56. The molecule has 1 unspecified atom stereocenters. The fraction of sp³-hybridized carbons (Fsp3) is 0.235. The molecule has 0 fully saturated rings. The van der Waals surface area contributed by atoms with Crippen LogP contribution < -0.4 is 10.6 Å². The van der Waals surface area contributed by atoms with E-state index in [1.54, 1.807) is 18.7 Å². The van der Waals surface area contributed by atoms with Crippen molar-refractivity contribution in [3.63, 3.8) is 0 Å². The summed E-state index contributed by atoms with van der Waals surface area (Å²) in [7, 11) is 0. The summed E-state index contributed by atoms with van der Waals surface area (Å²) < 4.78 is 26.1. The molecular formula is C17H18F2N2OS. The zero-order chi connectivity index (χ0) is 16.7. The number of urea groups is 1. The standard InChI is InChI=1S/C17H18F2N2OS/c1-12(13-7-8-15(18)16(19)11-13)21-17(22)20-9-10-23-14-5-3-2-4-6-14/h2-8,11-12H,9-10H2,1H3,(H2,20,21,22). The summed E-state index contributed by atoms with van der Waals surface area (Å²) >= 11 is 1.65. The average Bonchev–Trinajstić information content (AvgIpc) is 2.55. The van der Waals surface area contributed by atoms with Crippen molar-refractivity contribution in [1.82, 2.24) is 10.6 Å². The van der Waals surface area contributed by atoms with Crippen molar-refractivity contribution in [2.75, 3.05) is 12.3 Å². The van der Waals surface area contributed by atoms with Gasteiger partial charge in [-0.1, -0.05) is 24.3 Å². The monoisotopic (exact) mass is 336 g/mol. The van der Waals surface area contributed by atoms with E-state index in [1.165, 1.54) is 6.07 Å². The first-order valence-corrected chi connectivity index (χ1v) is 8.22. The lowest BCUT2D eigenvalue weighted by Crippen LogP contribution is -2.38. The molecule has 3 nitrogen and oxygen atoms in total. The molecule has 0 radical (unpaired) electrons. The van der Waals surface area contributed by atoms with Crippen molar-refractivity contribution >= 4 is 17.8 Å². The number of rotatable bonds is 6. The molecule has 0 bridgehead atoms. The molecule has 122 valence electrons. The van der Waals surface area contributed by atoms with Gasteiger partial charge in [0.2, 0.25) is 0 Å². The third-order valence-electron chi connectivity index (χ3n) is 3.19. The quantitative estimate of drug-likeness (QED) is 0.615. The molecule has 0 aliphatic heterocycles. The van der Waals surface area contributed by atoms with E-state index in [9.17, 15) is 13.6 Å². The molecule has 2 N–H and O–H groups in total. The van der Waals surface area contributed by atoms with Crippen molar-refractivity contribution in [2.45, 2.75) is 17.9 Å². The Morgan fingerprint density at radius 3 is 2.57 bits per heavy atom. The Morgan fingerprint density at radius 1 is 1.13 bits per heavy atom. The van der Waals surface area contributed by atoms with Crippen LogP contribution in [-0.4, -0.2) is 18.3 Å². The zero-order valence-electron chi connectivity index (χ0n) is 12.7. The van der Waals surface area contributed by atoms with E-state index in [-0.39, 0.29) is 6.03 Å². The Morgan fingerprint density at radius 2 is 1.87 bits per heavy atom. The summed E-state index contributed by atoms with van der Waals surface area (Å²) in [5, 5.41) is 5.43. The van der Waals surface area contributed by atoms with E-state index < -0.39 is 17.7 Å². The summed E-state index contributed by atoms with van der Waals surface area (Å²) in [5.41, 5.74) is 0.512. The van der Waals surface area contributed by atoms with Crippen LogP contribution in [0, 0.1) is 11.6 Å². The molecule has 1 atom stereocenters. The van der Waals surface area contributed by atoms with Gasteiger partial charge < -0.3 is 10.6 Å². The van der Waals surface area contributed by atoms with Crippen molar-refractivity contribution < 1.29 is 13.6 Å². The minimum Gasteiger partial charge on any atom is -0.337 e. The highest BCUT2D eigenvalue weighted by Gasteiger charge is 2.11. The number of amides is 2. The number of benzene rings is 2. The van der Waals surface area contributed by atoms with Crippen LogP contribution in [0.4, 0.5) is 13.6 Å². The molecule has 0 aliphatic carbocycles. The van der Waals surface area contributed by atoms with E-state index >= 15 is 0 Å². The van der Waals surface area contributed by atoms with Crippen LogP contribution in [-0.2, 0) is 0 Å². The van der Waals surface area contributed by atoms with Crippen LogP contribution in [0.1, 0.15) is 18.5 Å². The number of carbonyl (C=O) groups is 1. The second kappa shape index (κ2) is 8.53. The third-order valence-corrected chi connectivity index (χ3v) is 4.20. The van der Waals surface area contributed by atoms with E-state index in [0.717, 1.165) is 22.8 Å². The molecule has 2 aromatic carbocycles. The molecule has 0 saturated carbocycles. The number of carbonyl (C=O) groups excluding carboxylic acids is 1. The summed E-state index contributed by atoms with van der Waals surface area (Å²) in [6.45, 7) is 2.22. The smallest absolute Gasteiger partial charge is 0.315 e. The number of hydrogen-bond donors (Lipinski definition) is 2. The molecule has 0 aromatic heterocycles. The first-order chi connectivity index (χ1) is 11.1. The van der Waals surface area contributed by atoms with Crippen molar-refractivity contribution in [1.29, 1.82) is 0 Å². The highest BCUT2D eigenvalue weighted by Crippen LogP contribution is 2.17. The van der Waals surface area contributed by atoms with Gasteiger partial charge in [0.25, 0.3) is 0 Å². The molecule has 2 rings (SSSR count). The van der Waals surface area contributed by atoms with E-state index in [0.29, 0.717) is 12.1 Å². The molecule has 23 heavy (non-hydrogen) atoms. The first kappa shape index (κ1) is 17.3. The van der Waals surface area contributed by atoms with Gasteiger partial charge in [-0.15, -0.1) is 11.8 Å². The van der Waals surface area contributed by atoms with E-state index in [2.05, 4.69) is 10.6 Å². The minimum atomic E-state index is -0.921. The van der Waals surface area contributed by atoms with Crippen LogP contribution in [0.3, 0.4) is 0 Å². The maximum absolute atomic E-state index is 13.2. The van der Waals surface area contributed by atoms with Crippen LogP contribution in [0.15, 0.2) is 53.4 Å². The summed E-state index contributed by atoms with van der Waals surface area (Å²) in [4.78, 5) is 12.9. The highest BCUT2D eigenvalue weighted by atomic mass is 32.2. The van der Waals surface area contributed by atoms with E-state index in [1.807, 2.05) is 30.3 Å². The normalized spacial score (nSPS) is 11.8. The second-order valence-corrected chi connectivity index (χ2v) is 6.13. The number of halogens is 2. The highest BCUT2D eigenvalue weighted by molar-refractivity contribution is 7.99. The maximum atomic E-state index is 13.2. The molecular weight excluding hydrogens is 318 g/mol. The van der Waals surface area contributed by atoms with E-state index in [4.69, 9.17) is 0 Å². The number of thioether (sulfide) groups is 1. The van der Waals surface area contributed by atoms with Crippen molar-refractivity contribution in [3.8, 4) is 0 Å². The van der Waals surface area contributed by atoms with Gasteiger partial charge in [0.05, 0.1) is 6.04 Å². The first-order valence-electron chi connectivity index (χ1n) is 7.23. The van der Waals surface area contributed by atoms with Crippen LogP contribution >= 0.6 is 11.8 Å². The van der Waals surface area contributed by atoms with Gasteiger partial charge in [0, 0.05) is 17.2 Å². The lowest BCUT2D eigenvalue weighted by molar-refractivity contribution is 0.238. The van der Waals surface area contributed by atoms with Gasteiger partial charge in [-0.2, -0.15) is 0 Å². The second-order valence-electron chi connectivity index (χ2n) is 4.96. The number of nitrogens with one attached hydrogen (secondary N) is 2. The fourth-order valence-corrected chi connectivity index (χ4v) is 2.75. The number of hydrogen-bond acceptors (Lipinski definition) is 2. The van der Waals surface area contributed by atoms with Crippen LogP contribution in [0.25, 0.3) is 0 Å². The summed E-state index contributed by atoms with van der Waals surface area (Å²) in [6, 6.07) is 12.7.